The van der Waals surface area contributed by atoms with E-state index in [1.54, 1.807) is 24.3 Å². The second-order valence-electron chi connectivity index (χ2n) is 5.79. The minimum atomic E-state index is -2.67. The Labute approximate surface area is 166 Å². The third kappa shape index (κ3) is 6.41. The molecule has 0 saturated heterocycles. The van der Waals surface area contributed by atoms with Gasteiger partial charge in [-0.1, -0.05) is 12.1 Å². The number of rotatable bonds is 12. The zero-order chi connectivity index (χ0) is 20.2. The van der Waals surface area contributed by atoms with Crippen molar-refractivity contribution in [3.63, 3.8) is 0 Å². The predicted molar refractivity (Wildman–Crippen MR) is 105 cm³/mol. The molecule has 28 heavy (non-hydrogen) atoms. The Morgan fingerprint density at radius 3 is 2.07 bits per heavy atom. The van der Waals surface area contributed by atoms with Gasteiger partial charge in [0.15, 0.2) is 6.33 Å². The Hall–Kier alpha value is -2.27. The number of benzene rings is 1. The molecule has 10 heteroatoms. The van der Waals surface area contributed by atoms with E-state index in [0.29, 0.717) is 50.2 Å². The Morgan fingerprint density at radius 2 is 1.54 bits per heavy atom. The van der Waals surface area contributed by atoms with Crippen molar-refractivity contribution in [2.45, 2.75) is 33.2 Å². The highest BCUT2D eigenvalue weighted by molar-refractivity contribution is 6.60. The summed E-state index contributed by atoms with van der Waals surface area (Å²) in [4.78, 5) is 12.3. The molecule has 1 N–H and O–H groups in total. The van der Waals surface area contributed by atoms with Crippen LogP contribution in [0.2, 0.25) is 6.04 Å². The summed E-state index contributed by atoms with van der Waals surface area (Å²) in [7, 11) is -2.67. The molecule has 0 atom stereocenters. The number of carbonyl (C=O) groups is 1. The molecule has 9 nitrogen and oxygen atoms in total. The van der Waals surface area contributed by atoms with Gasteiger partial charge in [0.05, 0.1) is 0 Å². The highest BCUT2D eigenvalue weighted by Crippen LogP contribution is 2.18. The largest absolute Gasteiger partial charge is 0.500 e. The van der Waals surface area contributed by atoms with Crippen molar-refractivity contribution in [3.8, 4) is 11.4 Å². The maximum absolute atomic E-state index is 12.3. The van der Waals surface area contributed by atoms with Crippen LogP contribution in [0.4, 0.5) is 0 Å². The van der Waals surface area contributed by atoms with Crippen molar-refractivity contribution in [3.05, 3.63) is 36.2 Å². The number of nitrogens with one attached hydrogen (secondary N) is 1. The summed E-state index contributed by atoms with van der Waals surface area (Å²) >= 11 is 0. The molecule has 0 unspecified atom stereocenters. The van der Waals surface area contributed by atoms with E-state index >= 15 is 0 Å². The molecule has 0 bridgehead atoms. The van der Waals surface area contributed by atoms with Gasteiger partial charge in [0.1, 0.15) is 0 Å². The van der Waals surface area contributed by atoms with Crippen molar-refractivity contribution in [1.82, 2.24) is 25.7 Å². The maximum Gasteiger partial charge on any atom is 0.500 e. The highest BCUT2D eigenvalue weighted by Gasteiger charge is 2.39. The first-order valence-electron chi connectivity index (χ1n) is 9.45. The van der Waals surface area contributed by atoms with Crippen LogP contribution >= 0.6 is 0 Å². The molecule has 2 rings (SSSR count). The molecular formula is C18H27N5O4Si. The van der Waals surface area contributed by atoms with Crippen molar-refractivity contribution in [2.24, 2.45) is 0 Å². The van der Waals surface area contributed by atoms with Gasteiger partial charge in [0, 0.05) is 43.5 Å². The van der Waals surface area contributed by atoms with E-state index in [2.05, 4.69) is 25.7 Å². The SMILES string of the molecule is CCO[Si](CCCNC(=O)c1ccc(-c2nncnn2)cc1)(OCC)OCC. The quantitative estimate of drug-likeness (QED) is 0.422. The fourth-order valence-electron chi connectivity index (χ4n) is 2.70. The lowest BCUT2D eigenvalue weighted by Gasteiger charge is -2.28. The van der Waals surface area contributed by atoms with Gasteiger partial charge in [-0.2, -0.15) is 0 Å². The van der Waals surface area contributed by atoms with E-state index in [1.807, 2.05) is 20.8 Å². The third-order valence-electron chi connectivity index (χ3n) is 3.85. The topological polar surface area (TPSA) is 108 Å². The summed E-state index contributed by atoms with van der Waals surface area (Å²) < 4.78 is 17.5. The van der Waals surface area contributed by atoms with Crippen molar-refractivity contribution in [2.75, 3.05) is 26.4 Å². The fourth-order valence-corrected chi connectivity index (χ4v) is 5.31. The molecule has 0 spiro atoms. The van der Waals surface area contributed by atoms with Crippen LogP contribution in [0.25, 0.3) is 11.4 Å². The van der Waals surface area contributed by atoms with Gasteiger partial charge in [-0.3, -0.25) is 4.79 Å². The first-order chi connectivity index (χ1) is 13.6. The van der Waals surface area contributed by atoms with Gasteiger partial charge >= 0.3 is 8.80 Å². The molecule has 1 aromatic carbocycles. The molecule has 1 heterocycles. The number of nitrogens with zero attached hydrogens (tertiary/aromatic N) is 4. The molecule has 0 radical (unpaired) electrons. The molecule has 0 fully saturated rings. The first kappa shape index (κ1) is 22.0. The van der Waals surface area contributed by atoms with Gasteiger partial charge < -0.3 is 18.6 Å². The number of aromatic nitrogens is 4. The minimum Gasteiger partial charge on any atom is -0.374 e. The van der Waals surface area contributed by atoms with Gasteiger partial charge in [0.2, 0.25) is 5.82 Å². The summed E-state index contributed by atoms with van der Waals surface area (Å²) in [6.07, 6.45) is 1.98. The zero-order valence-corrected chi connectivity index (χ0v) is 17.6. The summed E-state index contributed by atoms with van der Waals surface area (Å²) in [6.45, 7) is 7.93. The lowest BCUT2D eigenvalue weighted by atomic mass is 10.1. The van der Waals surface area contributed by atoms with Crippen LogP contribution in [0.15, 0.2) is 30.6 Å². The molecule has 0 aliphatic heterocycles. The van der Waals surface area contributed by atoms with Crippen LogP contribution in [-0.2, 0) is 13.3 Å². The van der Waals surface area contributed by atoms with Gasteiger partial charge in [0.25, 0.3) is 5.91 Å². The number of hydrogen-bond acceptors (Lipinski definition) is 8. The standard InChI is InChI=1S/C18H27N5O4Si/c1-4-25-28(26-5-2,27-6-3)13-7-12-19-18(24)16-10-8-15(9-11-16)17-22-20-14-21-23-17/h8-11,14H,4-7,12-13H2,1-3H3,(H,19,24). The van der Waals surface area contributed by atoms with Gasteiger partial charge in [-0.25, -0.2) is 0 Å². The average Bonchev–Trinajstić information content (AvgIpc) is 2.72. The Kier molecular flexibility index (Phi) is 9.08. The number of hydrogen-bond donors (Lipinski definition) is 1. The monoisotopic (exact) mass is 405 g/mol. The smallest absolute Gasteiger partial charge is 0.374 e. The van der Waals surface area contributed by atoms with Crippen LogP contribution in [0, 0.1) is 0 Å². The van der Waals surface area contributed by atoms with E-state index in [4.69, 9.17) is 13.3 Å². The molecule has 152 valence electrons. The Morgan fingerprint density at radius 1 is 0.964 bits per heavy atom. The summed E-state index contributed by atoms with van der Waals surface area (Å²) in [6, 6.07) is 7.64. The van der Waals surface area contributed by atoms with Crippen LogP contribution in [0.1, 0.15) is 37.6 Å². The zero-order valence-electron chi connectivity index (χ0n) is 16.6. The van der Waals surface area contributed by atoms with Crippen molar-refractivity contribution >= 4 is 14.7 Å². The predicted octanol–water partition coefficient (Wildman–Crippen LogP) is 2.10. The van der Waals surface area contributed by atoms with E-state index in [-0.39, 0.29) is 5.91 Å². The summed E-state index contributed by atoms with van der Waals surface area (Å²) in [5, 5.41) is 18.1. The van der Waals surface area contributed by atoms with Crippen LogP contribution in [-0.4, -0.2) is 61.5 Å². The van der Waals surface area contributed by atoms with Crippen molar-refractivity contribution in [1.29, 1.82) is 0 Å². The number of amides is 1. The van der Waals surface area contributed by atoms with Crippen LogP contribution in [0.5, 0.6) is 0 Å². The molecule has 0 aliphatic carbocycles. The maximum atomic E-state index is 12.3. The second kappa shape index (κ2) is 11.5. The molecule has 0 aliphatic rings. The lowest BCUT2D eigenvalue weighted by Crippen LogP contribution is -2.46. The van der Waals surface area contributed by atoms with E-state index in [9.17, 15) is 4.79 Å². The lowest BCUT2D eigenvalue weighted by molar-refractivity contribution is 0.0705. The normalized spacial score (nSPS) is 11.4. The Balaban J connectivity index is 1.86. The van der Waals surface area contributed by atoms with E-state index in [0.717, 1.165) is 5.56 Å². The Bertz CT molecular complexity index is 701. The van der Waals surface area contributed by atoms with E-state index < -0.39 is 8.80 Å². The molecular weight excluding hydrogens is 378 g/mol. The molecule has 1 aromatic heterocycles. The van der Waals surface area contributed by atoms with Gasteiger partial charge in [-0.15, -0.1) is 20.4 Å². The summed E-state index contributed by atoms with van der Waals surface area (Å²) in [5.74, 6) is 0.270. The van der Waals surface area contributed by atoms with Gasteiger partial charge in [-0.05, 0) is 39.3 Å². The van der Waals surface area contributed by atoms with E-state index in [1.165, 1.54) is 6.33 Å². The molecule has 1 amide bonds. The minimum absolute atomic E-state index is 0.145. The van der Waals surface area contributed by atoms with Crippen molar-refractivity contribution < 1.29 is 18.1 Å². The van der Waals surface area contributed by atoms with Crippen LogP contribution < -0.4 is 5.32 Å². The molecule has 0 saturated carbocycles. The van der Waals surface area contributed by atoms with Crippen LogP contribution in [0.3, 0.4) is 0 Å². The number of carbonyl (C=O) groups excluding carboxylic acids is 1. The fraction of sp³-hybridized carbons (Fsp3) is 0.500. The summed E-state index contributed by atoms with van der Waals surface area (Å²) in [5.41, 5.74) is 1.31. The third-order valence-corrected chi connectivity index (χ3v) is 7.00. The second-order valence-corrected chi connectivity index (χ2v) is 8.52. The molecule has 2 aromatic rings. The first-order valence-corrected chi connectivity index (χ1v) is 11.4. The average molecular weight is 406 g/mol. The highest BCUT2D eigenvalue weighted by atomic mass is 28.4.